The minimum absolute atomic E-state index is 0.115. The molecule has 0 atom stereocenters. The summed E-state index contributed by atoms with van der Waals surface area (Å²) >= 11 is 3.44. The minimum atomic E-state index is -0.115. The van der Waals surface area contributed by atoms with E-state index in [1.807, 2.05) is 49.4 Å². The van der Waals surface area contributed by atoms with Gasteiger partial charge < -0.3 is 10.1 Å². The van der Waals surface area contributed by atoms with Gasteiger partial charge in [0.1, 0.15) is 5.75 Å². The molecule has 0 aliphatic rings. The van der Waals surface area contributed by atoms with E-state index in [1.54, 1.807) is 0 Å². The fourth-order valence-electron chi connectivity index (χ4n) is 1.91. The first kappa shape index (κ1) is 15.6. The summed E-state index contributed by atoms with van der Waals surface area (Å²) in [5.74, 6) is 0.699. The van der Waals surface area contributed by atoms with E-state index in [4.69, 9.17) is 4.74 Å². The van der Waals surface area contributed by atoms with Crippen LogP contribution in [0.4, 0.5) is 5.69 Å². The second-order valence-electron chi connectivity index (χ2n) is 4.74. The van der Waals surface area contributed by atoms with Crippen LogP contribution in [0.1, 0.15) is 29.3 Å². The number of carbonyl (C=O) groups is 1. The van der Waals surface area contributed by atoms with Crippen molar-refractivity contribution in [3.8, 4) is 5.75 Å². The van der Waals surface area contributed by atoms with Crippen molar-refractivity contribution in [2.75, 3.05) is 11.9 Å². The highest BCUT2D eigenvalue weighted by Gasteiger charge is 2.10. The number of halogens is 1. The monoisotopic (exact) mass is 347 g/mol. The summed E-state index contributed by atoms with van der Waals surface area (Å²) in [5.41, 5.74) is 2.34. The SMILES string of the molecule is CCCOc1ccc(NC(=O)c2cccc(Br)c2C)cc1. The number of hydrogen-bond donors (Lipinski definition) is 1. The van der Waals surface area contributed by atoms with Crippen LogP contribution >= 0.6 is 15.9 Å². The van der Waals surface area contributed by atoms with Crippen LogP contribution in [0.5, 0.6) is 5.75 Å². The highest BCUT2D eigenvalue weighted by atomic mass is 79.9. The largest absolute Gasteiger partial charge is 0.494 e. The molecule has 0 heterocycles. The third-order valence-corrected chi connectivity index (χ3v) is 3.96. The summed E-state index contributed by atoms with van der Waals surface area (Å²) < 4.78 is 6.44. The Morgan fingerprint density at radius 2 is 1.90 bits per heavy atom. The molecular weight excluding hydrogens is 330 g/mol. The van der Waals surface area contributed by atoms with Crippen LogP contribution in [0.25, 0.3) is 0 Å². The standard InChI is InChI=1S/C17H18BrNO2/c1-3-11-21-14-9-7-13(8-10-14)19-17(20)15-5-4-6-16(18)12(15)2/h4-10H,3,11H2,1-2H3,(H,19,20). The number of nitrogens with one attached hydrogen (secondary N) is 1. The van der Waals surface area contributed by atoms with Gasteiger partial charge in [0, 0.05) is 15.7 Å². The summed E-state index contributed by atoms with van der Waals surface area (Å²) in [4.78, 5) is 12.3. The number of rotatable bonds is 5. The van der Waals surface area contributed by atoms with Crippen molar-refractivity contribution < 1.29 is 9.53 Å². The first-order valence-electron chi connectivity index (χ1n) is 6.91. The van der Waals surface area contributed by atoms with Crippen LogP contribution in [0.3, 0.4) is 0 Å². The van der Waals surface area contributed by atoms with Gasteiger partial charge in [-0.05, 0) is 55.3 Å². The van der Waals surface area contributed by atoms with Gasteiger partial charge in [-0.3, -0.25) is 4.79 Å². The Morgan fingerprint density at radius 3 is 2.57 bits per heavy atom. The molecule has 0 spiro atoms. The van der Waals surface area contributed by atoms with E-state index in [-0.39, 0.29) is 5.91 Å². The quantitative estimate of drug-likeness (QED) is 0.843. The van der Waals surface area contributed by atoms with Crippen molar-refractivity contribution in [2.24, 2.45) is 0 Å². The Morgan fingerprint density at radius 1 is 1.19 bits per heavy atom. The molecule has 0 bridgehead atoms. The van der Waals surface area contributed by atoms with Gasteiger partial charge in [-0.15, -0.1) is 0 Å². The number of benzene rings is 2. The van der Waals surface area contributed by atoms with E-state index in [2.05, 4.69) is 28.2 Å². The van der Waals surface area contributed by atoms with Gasteiger partial charge in [-0.1, -0.05) is 28.9 Å². The first-order valence-corrected chi connectivity index (χ1v) is 7.70. The molecule has 0 aliphatic carbocycles. The van der Waals surface area contributed by atoms with Gasteiger partial charge in [-0.25, -0.2) is 0 Å². The zero-order chi connectivity index (χ0) is 15.2. The van der Waals surface area contributed by atoms with E-state index in [9.17, 15) is 4.79 Å². The van der Waals surface area contributed by atoms with Crippen molar-refractivity contribution >= 4 is 27.5 Å². The smallest absolute Gasteiger partial charge is 0.255 e. The maximum Gasteiger partial charge on any atom is 0.255 e. The maximum absolute atomic E-state index is 12.3. The van der Waals surface area contributed by atoms with Crippen molar-refractivity contribution in [3.63, 3.8) is 0 Å². The van der Waals surface area contributed by atoms with Gasteiger partial charge in [0.05, 0.1) is 6.61 Å². The van der Waals surface area contributed by atoms with Gasteiger partial charge in [0.25, 0.3) is 5.91 Å². The van der Waals surface area contributed by atoms with Crippen LogP contribution in [0.15, 0.2) is 46.9 Å². The molecule has 0 aliphatic heterocycles. The van der Waals surface area contributed by atoms with Gasteiger partial charge in [0.15, 0.2) is 0 Å². The Kier molecular flexibility index (Phi) is 5.39. The topological polar surface area (TPSA) is 38.3 Å². The zero-order valence-electron chi connectivity index (χ0n) is 12.2. The van der Waals surface area contributed by atoms with Crippen molar-refractivity contribution in [1.29, 1.82) is 0 Å². The molecule has 0 unspecified atom stereocenters. The van der Waals surface area contributed by atoms with Crippen LogP contribution in [0.2, 0.25) is 0 Å². The Balaban J connectivity index is 2.07. The lowest BCUT2D eigenvalue weighted by atomic mass is 10.1. The molecule has 0 fully saturated rings. The molecule has 110 valence electrons. The lowest BCUT2D eigenvalue weighted by Gasteiger charge is -2.10. The predicted octanol–water partition coefficient (Wildman–Crippen LogP) is 4.80. The number of anilines is 1. The fraction of sp³-hybridized carbons (Fsp3) is 0.235. The average Bonchev–Trinajstić information content (AvgIpc) is 2.49. The maximum atomic E-state index is 12.3. The first-order chi connectivity index (χ1) is 10.1. The summed E-state index contributed by atoms with van der Waals surface area (Å²) in [6, 6.07) is 13.0. The van der Waals surface area contributed by atoms with Gasteiger partial charge in [-0.2, -0.15) is 0 Å². The summed E-state index contributed by atoms with van der Waals surface area (Å²) in [7, 11) is 0. The number of carbonyl (C=O) groups excluding carboxylic acids is 1. The number of amides is 1. The van der Waals surface area contributed by atoms with Crippen LogP contribution < -0.4 is 10.1 Å². The molecule has 1 amide bonds. The predicted molar refractivity (Wildman–Crippen MR) is 89.1 cm³/mol. The van der Waals surface area contributed by atoms with Crippen LogP contribution in [0, 0.1) is 6.92 Å². The number of ether oxygens (including phenoxy) is 1. The Bertz CT molecular complexity index is 623. The van der Waals surface area contributed by atoms with E-state index in [0.717, 1.165) is 27.9 Å². The lowest BCUT2D eigenvalue weighted by Crippen LogP contribution is -2.13. The molecule has 3 nitrogen and oxygen atoms in total. The van der Waals surface area contributed by atoms with Crippen molar-refractivity contribution in [3.05, 3.63) is 58.1 Å². The molecule has 0 saturated heterocycles. The third kappa shape index (κ3) is 4.08. The summed E-state index contributed by atoms with van der Waals surface area (Å²) in [5, 5.41) is 2.89. The van der Waals surface area contributed by atoms with Crippen LogP contribution in [-0.4, -0.2) is 12.5 Å². The number of hydrogen-bond acceptors (Lipinski definition) is 2. The van der Waals surface area contributed by atoms with Gasteiger partial charge >= 0.3 is 0 Å². The molecule has 0 saturated carbocycles. The molecular formula is C17H18BrNO2. The normalized spacial score (nSPS) is 10.2. The highest BCUT2D eigenvalue weighted by Crippen LogP contribution is 2.21. The second-order valence-corrected chi connectivity index (χ2v) is 5.59. The lowest BCUT2D eigenvalue weighted by molar-refractivity contribution is 0.102. The summed E-state index contributed by atoms with van der Waals surface area (Å²) in [6.45, 7) is 4.68. The molecule has 2 aromatic rings. The molecule has 0 aromatic heterocycles. The second kappa shape index (κ2) is 7.27. The van der Waals surface area contributed by atoms with E-state index < -0.39 is 0 Å². The fourth-order valence-corrected chi connectivity index (χ4v) is 2.27. The minimum Gasteiger partial charge on any atom is -0.494 e. The average molecular weight is 348 g/mol. The summed E-state index contributed by atoms with van der Waals surface area (Å²) in [6.07, 6.45) is 0.973. The zero-order valence-corrected chi connectivity index (χ0v) is 13.7. The third-order valence-electron chi connectivity index (χ3n) is 3.10. The van der Waals surface area contributed by atoms with Gasteiger partial charge in [0.2, 0.25) is 0 Å². The Hall–Kier alpha value is -1.81. The molecule has 0 radical (unpaired) electrons. The molecule has 4 heteroatoms. The van der Waals surface area contributed by atoms with Crippen molar-refractivity contribution in [1.82, 2.24) is 0 Å². The Labute approximate surface area is 133 Å². The van der Waals surface area contributed by atoms with E-state index in [1.165, 1.54) is 0 Å². The highest BCUT2D eigenvalue weighted by molar-refractivity contribution is 9.10. The van der Waals surface area contributed by atoms with E-state index >= 15 is 0 Å². The molecule has 2 rings (SSSR count). The molecule has 2 aromatic carbocycles. The van der Waals surface area contributed by atoms with Crippen LogP contribution in [-0.2, 0) is 0 Å². The van der Waals surface area contributed by atoms with E-state index in [0.29, 0.717) is 12.2 Å². The molecule has 1 N–H and O–H groups in total. The van der Waals surface area contributed by atoms with Crippen molar-refractivity contribution in [2.45, 2.75) is 20.3 Å². The molecule has 21 heavy (non-hydrogen) atoms.